The Morgan fingerprint density at radius 2 is 2.31 bits per heavy atom. The number of hydrogen-bond donors (Lipinski definition) is 1. The van der Waals surface area contributed by atoms with Crippen LogP contribution in [-0.4, -0.2) is 23.7 Å². The van der Waals surface area contributed by atoms with Crippen LogP contribution in [0.4, 0.5) is 5.69 Å². The number of aromatic carboxylic acids is 1. The number of piperidine rings is 1. The molecule has 88 valence electrons. The molecule has 16 heavy (non-hydrogen) atoms. The molecule has 2 heterocycles. The molecule has 1 aromatic rings. The van der Waals surface area contributed by atoms with Gasteiger partial charge in [0.15, 0.2) is 0 Å². The van der Waals surface area contributed by atoms with Gasteiger partial charge in [0.05, 0.1) is 0 Å². The lowest BCUT2D eigenvalue weighted by Gasteiger charge is -2.37. The highest BCUT2D eigenvalue weighted by molar-refractivity contribution is 7.12. The highest BCUT2D eigenvalue weighted by Gasteiger charge is 2.24. The first-order valence-electron chi connectivity index (χ1n) is 5.66. The lowest BCUT2D eigenvalue weighted by atomic mass is 9.93. The summed E-state index contributed by atoms with van der Waals surface area (Å²) in [6.45, 7) is 5.54. The van der Waals surface area contributed by atoms with Gasteiger partial charge in [-0.15, -0.1) is 11.3 Å². The number of carbonyl (C=O) groups is 1. The van der Waals surface area contributed by atoms with Crippen LogP contribution in [0.1, 0.15) is 36.4 Å². The maximum atomic E-state index is 10.8. The molecule has 0 spiro atoms. The zero-order valence-electron chi connectivity index (χ0n) is 9.64. The zero-order chi connectivity index (χ0) is 11.7. The van der Waals surface area contributed by atoms with Crippen molar-refractivity contribution in [2.75, 3.05) is 11.4 Å². The SMILES string of the molecule is CC1CCN(c2csc(C(=O)O)c2)C(C)C1. The van der Waals surface area contributed by atoms with Crippen LogP contribution in [0.3, 0.4) is 0 Å². The highest BCUT2D eigenvalue weighted by atomic mass is 32.1. The summed E-state index contributed by atoms with van der Waals surface area (Å²) in [6, 6.07) is 2.31. The Bertz CT molecular complexity index is 388. The van der Waals surface area contributed by atoms with Gasteiger partial charge < -0.3 is 10.0 Å². The van der Waals surface area contributed by atoms with Gasteiger partial charge in [0.25, 0.3) is 0 Å². The van der Waals surface area contributed by atoms with Gasteiger partial charge in [-0.3, -0.25) is 0 Å². The van der Waals surface area contributed by atoms with E-state index in [4.69, 9.17) is 5.11 Å². The number of anilines is 1. The molecule has 1 fully saturated rings. The van der Waals surface area contributed by atoms with Crippen LogP contribution in [0.15, 0.2) is 11.4 Å². The molecule has 0 saturated carbocycles. The molecule has 0 aliphatic carbocycles. The zero-order valence-corrected chi connectivity index (χ0v) is 10.5. The van der Waals surface area contributed by atoms with Crippen LogP contribution in [0.5, 0.6) is 0 Å². The van der Waals surface area contributed by atoms with Crippen molar-refractivity contribution in [1.82, 2.24) is 0 Å². The van der Waals surface area contributed by atoms with Crippen LogP contribution in [-0.2, 0) is 0 Å². The number of rotatable bonds is 2. The van der Waals surface area contributed by atoms with Crippen LogP contribution in [0.25, 0.3) is 0 Å². The third kappa shape index (κ3) is 2.21. The minimum absolute atomic E-state index is 0.431. The van der Waals surface area contributed by atoms with E-state index >= 15 is 0 Å². The molecule has 0 radical (unpaired) electrons. The number of carboxylic acids is 1. The fourth-order valence-corrected chi connectivity index (χ4v) is 3.12. The summed E-state index contributed by atoms with van der Waals surface area (Å²) in [7, 11) is 0. The van der Waals surface area contributed by atoms with Crippen LogP contribution in [0.2, 0.25) is 0 Å². The Morgan fingerprint density at radius 1 is 1.56 bits per heavy atom. The molecule has 1 aromatic heterocycles. The van der Waals surface area contributed by atoms with Crippen molar-refractivity contribution in [3.63, 3.8) is 0 Å². The number of carboxylic acid groups (broad SMARTS) is 1. The van der Waals surface area contributed by atoms with Crippen molar-refractivity contribution in [3.8, 4) is 0 Å². The van der Waals surface area contributed by atoms with Crippen molar-refractivity contribution in [1.29, 1.82) is 0 Å². The van der Waals surface area contributed by atoms with Gasteiger partial charge in [0, 0.05) is 23.7 Å². The van der Waals surface area contributed by atoms with Crippen molar-refractivity contribution < 1.29 is 9.90 Å². The summed E-state index contributed by atoms with van der Waals surface area (Å²) in [5.74, 6) is -0.0434. The summed E-state index contributed by atoms with van der Waals surface area (Å²) in [6.07, 6.45) is 2.39. The smallest absolute Gasteiger partial charge is 0.345 e. The maximum absolute atomic E-state index is 10.8. The Morgan fingerprint density at radius 3 is 2.88 bits per heavy atom. The van der Waals surface area contributed by atoms with Gasteiger partial charge in [-0.2, -0.15) is 0 Å². The van der Waals surface area contributed by atoms with E-state index in [1.54, 1.807) is 6.07 Å². The maximum Gasteiger partial charge on any atom is 0.345 e. The van der Waals surface area contributed by atoms with E-state index in [2.05, 4.69) is 18.7 Å². The normalized spacial score (nSPS) is 25.8. The Balaban J connectivity index is 2.14. The average Bonchev–Trinajstić information content (AvgIpc) is 2.66. The molecular weight excluding hydrogens is 222 g/mol. The molecule has 1 aliphatic rings. The lowest BCUT2D eigenvalue weighted by molar-refractivity contribution is 0.0702. The molecule has 1 aliphatic heterocycles. The Kier molecular flexibility index (Phi) is 3.19. The minimum Gasteiger partial charge on any atom is -0.477 e. The second-order valence-corrected chi connectivity index (χ2v) is 5.56. The van der Waals surface area contributed by atoms with Crippen molar-refractivity contribution in [3.05, 3.63) is 16.3 Å². The average molecular weight is 239 g/mol. The summed E-state index contributed by atoms with van der Waals surface area (Å²) in [5.41, 5.74) is 1.07. The van der Waals surface area contributed by atoms with E-state index in [1.165, 1.54) is 24.2 Å². The van der Waals surface area contributed by atoms with Gasteiger partial charge in [0.1, 0.15) is 4.88 Å². The van der Waals surface area contributed by atoms with E-state index < -0.39 is 5.97 Å². The second kappa shape index (κ2) is 4.45. The Hall–Kier alpha value is -1.03. The third-order valence-corrected chi connectivity index (χ3v) is 4.17. The van der Waals surface area contributed by atoms with Gasteiger partial charge in [-0.05, 0) is 31.7 Å². The van der Waals surface area contributed by atoms with Crippen LogP contribution in [0, 0.1) is 5.92 Å². The molecule has 4 heteroatoms. The van der Waals surface area contributed by atoms with Crippen LogP contribution < -0.4 is 4.90 Å². The first kappa shape index (κ1) is 11.5. The molecule has 0 amide bonds. The predicted octanol–water partition coefficient (Wildman–Crippen LogP) is 3.07. The number of nitrogens with zero attached hydrogens (tertiary/aromatic N) is 1. The van der Waals surface area contributed by atoms with E-state index in [9.17, 15) is 4.79 Å². The molecule has 1 N–H and O–H groups in total. The summed E-state index contributed by atoms with van der Waals surface area (Å²) >= 11 is 1.31. The number of hydrogen-bond acceptors (Lipinski definition) is 3. The molecule has 2 rings (SSSR count). The summed E-state index contributed by atoms with van der Waals surface area (Å²) < 4.78 is 0. The van der Waals surface area contributed by atoms with Crippen molar-refractivity contribution >= 4 is 23.0 Å². The number of thiophene rings is 1. The first-order valence-corrected chi connectivity index (χ1v) is 6.54. The van der Waals surface area contributed by atoms with Gasteiger partial charge >= 0.3 is 5.97 Å². The summed E-state index contributed by atoms with van der Waals surface area (Å²) in [4.78, 5) is 13.6. The second-order valence-electron chi connectivity index (χ2n) is 4.65. The predicted molar refractivity (Wildman–Crippen MR) is 66.5 cm³/mol. The van der Waals surface area contributed by atoms with E-state index in [-0.39, 0.29) is 0 Å². The quantitative estimate of drug-likeness (QED) is 0.862. The molecule has 2 unspecified atom stereocenters. The molecule has 3 nitrogen and oxygen atoms in total. The molecular formula is C12H17NO2S. The molecule has 2 atom stereocenters. The van der Waals surface area contributed by atoms with Gasteiger partial charge in [0.2, 0.25) is 0 Å². The monoisotopic (exact) mass is 239 g/mol. The van der Waals surface area contributed by atoms with Gasteiger partial charge in [-0.1, -0.05) is 6.92 Å². The van der Waals surface area contributed by atoms with E-state index in [1.807, 2.05) is 5.38 Å². The Labute approximate surface area is 99.7 Å². The topological polar surface area (TPSA) is 40.5 Å². The largest absolute Gasteiger partial charge is 0.477 e. The fourth-order valence-electron chi connectivity index (χ4n) is 2.38. The molecule has 1 saturated heterocycles. The van der Waals surface area contributed by atoms with Crippen molar-refractivity contribution in [2.45, 2.75) is 32.7 Å². The minimum atomic E-state index is -0.825. The lowest BCUT2D eigenvalue weighted by Crippen LogP contribution is -2.39. The highest BCUT2D eigenvalue weighted by Crippen LogP contribution is 2.30. The molecule has 0 aromatic carbocycles. The van der Waals surface area contributed by atoms with Crippen LogP contribution >= 0.6 is 11.3 Å². The summed E-state index contributed by atoms with van der Waals surface area (Å²) in [5, 5.41) is 10.9. The van der Waals surface area contributed by atoms with Gasteiger partial charge in [-0.25, -0.2) is 4.79 Å². The third-order valence-electron chi connectivity index (χ3n) is 3.27. The molecule has 0 bridgehead atoms. The van der Waals surface area contributed by atoms with E-state index in [0.29, 0.717) is 10.9 Å². The standard InChI is InChI=1S/C12H17NO2S/c1-8-3-4-13(9(2)5-8)10-6-11(12(14)15)16-7-10/h6-9H,3-5H2,1-2H3,(H,14,15). The first-order chi connectivity index (χ1) is 7.58. The fraction of sp³-hybridized carbons (Fsp3) is 0.583. The van der Waals surface area contributed by atoms with Crippen molar-refractivity contribution in [2.24, 2.45) is 5.92 Å². The van der Waals surface area contributed by atoms with E-state index in [0.717, 1.165) is 18.2 Å².